The standard InChI is InChI=1S/C20H23N7O.C11H18N4.C8H6N4O2.2CH4.ClH/c1-15-14-16(2)24-20(23-15)26-11-5-10-25(12-13-26)19(28)17-6-3-4-7-18(17)27-21-8-9-22-27;1-9-8-10(2)14-11(13-9)15-6-3-4-12-5-7-15;13-8(14)6-2-1-3-9-7(6)12-10-4-5-11-12;;;/h3-4,6-9,14H,5,10-13H2,1-2H3;8,12H,3-7H2,1-2H3;1-5H,(H,13,14);2*1H4;1H. The Morgan fingerprint density at radius 2 is 1.13 bits per heavy atom. The van der Waals surface area contributed by atoms with Gasteiger partial charge < -0.3 is 25.1 Å². The van der Waals surface area contributed by atoms with E-state index in [2.05, 4.69) is 60.4 Å². The van der Waals surface area contributed by atoms with Crippen molar-refractivity contribution in [1.29, 1.82) is 0 Å². The first-order chi connectivity index (χ1) is 27.7. The van der Waals surface area contributed by atoms with E-state index in [0.717, 1.165) is 80.2 Å². The number of carboxylic acids is 1. The van der Waals surface area contributed by atoms with Gasteiger partial charge in [-0.1, -0.05) is 27.0 Å². The number of hydrogen-bond donors (Lipinski definition) is 2. The lowest BCUT2D eigenvalue weighted by Crippen LogP contribution is -2.36. The molecular formula is C41H56ClN15O3. The Labute approximate surface area is 357 Å². The molecule has 7 heterocycles. The number of rotatable bonds is 6. The fraction of sp³-hybridized carbons (Fsp3) is 0.390. The fourth-order valence-electron chi connectivity index (χ4n) is 6.45. The van der Waals surface area contributed by atoms with Crippen molar-refractivity contribution in [3.63, 3.8) is 0 Å². The summed E-state index contributed by atoms with van der Waals surface area (Å²) < 4.78 is 0. The van der Waals surface area contributed by atoms with E-state index < -0.39 is 5.97 Å². The number of aryl methyl sites for hydroxylation is 4. The number of carboxylic acid groups (broad SMARTS) is 1. The van der Waals surface area contributed by atoms with Gasteiger partial charge in [0.2, 0.25) is 11.9 Å². The number of benzene rings is 1. The predicted molar refractivity (Wildman–Crippen MR) is 234 cm³/mol. The molecule has 0 bridgehead atoms. The lowest BCUT2D eigenvalue weighted by molar-refractivity contribution is 0.0695. The van der Waals surface area contributed by atoms with Gasteiger partial charge >= 0.3 is 5.97 Å². The van der Waals surface area contributed by atoms with E-state index in [1.807, 2.05) is 69.0 Å². The molecule has 0 saturated carbocycles. The molecule has 0 aliphatic carbocycles. The average molecular weight is 842 g/mol. The Morgan fingerprint density at radius 1 is 0.600 bits per heavy atom. The zero-order chi connectivity index (χ0) is 40.1. The highest BCUT2D eigenvalue weighted by atomic mass is 35.5. The molecule has 2 saturated heterocycles. The van der Waals surface area contributed by atoms with Crippen LogP contribution in [0.5, 0.6) is 0 Å². The first-order valence-electron chi connectivity index (χ1n) is 18.8. The minimum Gasteiger partial charge on any atom is -0.478 e. The van der Waals surface area contributed by atoms with Crippen molar-refractivity contribution in [3.05, 3.63) is 113 Å². The molecule has 320 valence electrons. The first-order valence-corrected chi connectivity index (χ1v) is 18.8. The van der Waals surface area contributed by atoms with Crippen LogP contribution >= 0.6 is 12.4 Å². The predicted octanol–water partition coefficient (Wildman–Crippen LogP) is 4.97. The summed E-state index contributed by atoms with van der Waals surface area (Å²) >= 11 is 0. The van der Waals surface area contributed by atoms with Crippen LogP contribution < -0.4 is 15.1 Å². The number of nitrogens with zero attached hydrogens (tertiary/aromatic N) is 14. The highest BCUT2D eigenvalue weighted by Crippen LogP contribution is 2.19. The third-order valence-corrected chi connectivity index (χ3v) is 9.02. The van der Waals surface area contributed by atoms with Gasteiger partial charge in [0.25, 0.3) is 5.91 Å². The lowest BCUT2D eigenvalue weighted by atomic mass is 10.1. The Morgan fingerprint density at radius 3 is 1.73 bits per heavy atom. The minimum absolute atomic E-state index is 0. The molecule has 0 atom stereocenters. The summed E-state index contributed by atoms with van der Waals surface area (Å²) in [5.41, 5.74) is 5.39. The molecule has 18 nitrogen and oxygen atoms in total. The van der Waals surface area contributed by atoms with E-state index in [9.17, 15) is 9.59 Å². The molecule has 6 aromatic rings. The third-order valence-electron chi connectivity index (χ3n) is 9.02. The second-order valence-corrected chi connectivity index (χ2v) is 13.5. The van der Waals surface area contributed by atoms with Gasteiger partial charge in [-0.2, -0.15) is 25.2 Å². The molecule has 5 aromatic heterocycles. The Kier molecular flexibility index (Phi) is 18.6. The van der Waals surface area contributed by atoms with Gasteiger partial charge in [0.15, 0.2) is 5.82 Å². The number of carbonyl (C=O) groups excluding carboxylic acids is 1. The number of aromatic carboxylic acids is 1. The van der Waals surface area contributed by atoms with E-state index in [0.29, 0.717) is 30.9 Å². The molecular weight excluding hydrogens is 786 g/mol. The van der Waals surface area contributed by atoms with E-state index in [-0.39, 0.29) is 44.5 Å². The molecule has 0 spiro atoms. The SMILES string of the molecule is C.C.Cc1cc(C)nc(N2CCCN(C(=O)c3ccccc3-n3nccn3)CC2)n1.Cc1cc(C)nc(N2CCCNCC2)n1.Cl.O=C(O)c1cccnc1-n1nccn1. The summed E-state index contributed by atoms with van der Waals surface area (Å²) in [5, 5.41) is 28.2. The molecule has 0 radical (unpaired) electrons. The third kappa shape index (κ3) is 12.8. The molecule has 1 amide bonds. The van der Waals surface area contributed by atoms with Crippen molar-refractivity contribution in [2.45, 2.75) is 55.4 Å². The van der Waals surface area contributed by atoms with Crippen LogP contribution in [0.2, 0.25) is 0 Å². The topological polar surface area (TPSA) is 202 Å². The molecule has 19 heteroatoms. The van der Waals surface area contributed by atoms with Gasteiger partial charge in [-0.3, -0.25) is 4.79 Å². The van der Waals surface area contributed by atoms with Crippen molar-refractivity contribution < 1.29 is 14.7 Å². The van der Waals surface area contributed by atoms with Crippen molar-refractivity contribution >= 4 is 36.2 Å². The Hall–Kier alpha value is -6.40. The molecule has 2 fully saturated rings. The van der Waals surface area contributed by atoms with Crippen LogP contribution in [0.1, 0.15) is 71.2 Å². The summed E-state index contributed by atoms with van der Waals surface area (Å²) in [6.45, 7) is 15.0. The lowest BCUT2D eigenvalue weighted by Gasteiger charge is -2.23. The number of pyridine rings is 1. The molecule has 2 aliphatic rings. The normalized spacial score (nSPS) is 13.6. The van der Waals surface area contributed by atoms with E-state index in [1.165, 1.54) is 34.2 Å². The van der Waals surface area contributed by atoms with Crippen LogP contribution in [-0.2, 0) is 0 Å². The molecule has 2 N–H and O–H groups in total. The largest absolute Gasteiger partial charge is 0.478 e. The van der Waals surface area contributed by atoms with Gasteiger partial charge in [-0.05, 0) is 83.5 Å². The van der Waals surface area contributed by atoms with E-state index >= 15 is 0 Å². The summed E-state index contributed by atoms with van der Waals surface area (Å²) in [6, 6.07) is 14.4. The van der Waals surface area contributed by atoms with Gasteiger partial charge in [0.05, 0.1) is 36.0 Å². The summed E-state index contributed by atoms with van der Waals surface area (Å²) in [6.07, 6.45) is 9.65. The van der Waals surface area contributed by atoms with Crippen molar-refractivity contribution in [3.8, 4) is 11.5 Å². The highest BCUT2D eigenvalue weighted by molar-refractivity contribution is 5.97. The maximum Gasteiger partial charge on any atom is 0.339 e. The second kappa shape index (κ2) is 23.3. The zero-order valence-electron chi connectivity index (χ0n) is 33.0. The maximum absolute atomic E-state index is 13.2. The second-order valence-electron chi connectivity index (χ2n) is 13.5. The number of anilines is 2. The van der Waals surface area contributed by atoms with Crippen molar-refractivity contribution in [1.82, 2.24) is 65.1 Å². The van der Waals surface area contributed by atoms with Gasteiger partial charge in [0, 0.05) is 74.8 Å². The first kappa shape index (κ1) is 48.0. The van der Waals surface area contributed by atoms with E-state index in [4.69, 9.17) is 5.11 Å². The summed E-state index contributed by atoms with van der Waals surface area (Å²) in [4.78, 5) is 55.0. The van der Waals surface area contributed by atoms with Crippen LogP contribution in [0.3, 0.4) is 0 Å². The van der Waals surface area contributed by atoms with Crippen LogP contribution in [0.4, 0.5) is 11.9 Å². The van der Waals surface area contributed by atoms with Crippen LogP contribution in [0, 0.1) is 27.7 Å². The number of carbonyl (C=O) groups is 2. The molecule has 1 aromatic carbocycles. The maximum atomic E-state index is 13.2. The smallest absolute Gasteiger partial charge is 0.339 e. The Bertz CT molecular complexity index is 2190. The number of aromatic nitrogens is 11. The van der Waals surface area contributed by atoms with Crippen LogP contribution in [0.25, 0.3) is 11.5 Å². The number of amides is 1. The van der Waals surface area contributed by atoms with Crippen molar-refractivity contribution in [2.75, 3.05) is 62.2 Å². The summed E-state index contributed by atoms with van der Waals surface area (Å²) in [7, 11) is 0. The number of halogens is 1. The molecule has 2 aliphatic heterocycles. The average Bonchev–Trinajstić information content (AvgIpc) is 3.82. The number of para-hydroxylation sites is 1. The zero-order valence-corrected chi connectivity index (χ0v) is 33.8. The number of nitrogens with one attached hydrogen (secondary N) is 1. The fourth-order valence-corrected chi connectivity index (χ4v) is 6.45. The minimum atomic E-state index is -1.05. The van der Waals surface area contributed by atoms with Crippen molar-refractivity contribution in [2.24, 2.45) is 0 Å². The summed E-state index contributed by atoms with van der Waals surface area (Å²) in [5.74, 6) is 0.788. The van der Waals surface area contributed by atoms with Gasteiger partial charge in [-0.25, -0.2) is 29.7 Å². The molecule has 8 rings (SSSR count). The quantitative estimate of drug-likeness (QED) is 0.227. The van der Waals surface area contributed by atoms with E-state index in [1.54, 1.807) is 18.5 Å². The van der Waals surface area contributed by atoms with Gasteiger partial charge in [0.1, 0.15) is 5.56 Å². The highest BCUT2D eigenvalue weighted by Gasteiger charge is 2.24. The van der Waals surface area contributed by atoms with Crippen LogP contribution in [0.15, 0.2) is 79.5 Å². The molecule has 0 unspecified atom stereocenters. The number of hydrogen-bond acceptors (Lipinski definition) is 14. The Balaban J connectivity index is 0.000000256. The van der Waals surface area contributed by atoms with Crippen LogP contribution in [-0.4, -0.2) is 129 Å². The van der Waals surface area contributed by atoms with Gasteiger partial charge in [-0.15, -0.1) is 17.2 Å². The molecule has 60 heavy (non-hydrogen) atoms. The monoisotopic (exact) mass is 841 g/mol.